The van der Waals surface area contributed by atoms with Crippen LogP contribution in [0.3, 0.4) is 0 Å². The number of hydrogen-bond donors (Lipinski definition) is 1. The third kappa shape index (κ3) is 5.33. The third-order valence-electron chi connectivity index (χ3n) is 3.10. The van der Waals surface area contributed by atoms with Gasteiger partial charge in [0, 0.05) is 12.0 Å². The SMILES string of the molecule is CC[C@@H](C)CC(=O)OC.NC(=O)c1ccc2c(c1)OCO2. The van der Waals surface area contributed by atoms with Crippen molar-refractivity contribution in [2.24, 2.45) is 11.7 Å². The molecule has 0 fully saturated rings. The number of carbonyl (C=O) groups excluding carboxylic acids is 2. The normalized spacial score (nSPS) is 12.9. The van der Waals surface area contributed by atoms with E-state index in [1.807, 2.05) is 6.92 Å². The summed E-state index contributed by atoms with van der Waals surface area (Å²) in [4.78, 5) is 21.3. The molecular formula is C15H21NO5. The topological polar surface area (TPSA) is 87.9 Å². The largest absolute Gasteiger partial charge is 0.469 e. The molecule has 0 aliphatic carbocycles. The molecule has 0 spiro atoms. The fourth-order valence-electron chi connectivity index (χ4n) is 1.56. The van der Waals surface area contributed by atoms with E-state index in [0.717, 1.165) is 6.42 Å². The van der Waals surface area contributed by atoms with Gasteiger partial charge in [-0.2, -0.15) is 0 Å². The molecule has 0 radical (unpaired) electrons. The molecule has 1 aromatic rings. The third-order valence-corrected chi connectivity index (χ3v) is 3.10. The highest BCUT2D eigenvalue weighted by atomic mass is 16.7. The zero-order valence-electron chi connectivity index (χ0n) is 12.5. The Bertz CT molecular complexity index is 501. The molecule has 0 saturated carbocycles. The van der Waals surface area contributed by atoms with Crippen LogP contribution in [0.15, 0.2) is 18.2 Å². The molecule has 1 amide bonds. The van der Waals surface area contributed by atoms with E-state index in [1.54, 1.807) is 18.2 Å². The summed E-state index contributed by atoms with van der Waals surface area (Å²) >= 11 is 0. The number of rotatable bonds is 4. The smallest absolute Gasteiger partial charge is 0.305 e. The first-order chi connectivity index (χ1) is 9.97. The second-order valence-corrected chi connectivity index (χ2v) is 4.73. The number of benzene rings is 1. The molecule has 1 aromatic carbocycles. The summed E-state index contributed by atoms with van der Waals surface area (Å²) < 4.78 is 14.6. The van der Waals surface area contributed by atoms with Crippen LogP contribution in [0, 0.1) is 5.92 Å². The van der Waals surface area contributed by atoms with E-state index >= 15 is 0 Å². The van der Waals surface area contributed by atoms with Crippen LogP contribution in [0.25, 0.3) is 0 Å². The van der Waals surface area contributed by atoms with Gasteiger partial charge in [0.15, 0.2) is 11.5 Å². The van der Waals surface area contributed by atoms with Crippen molar-refractivity contribution in [2.45, 2.75) is 26.7 Å². The molecule has 0 aromatic heterocycles. The van der Waals surface area contributed by atoms with Crippen LogP contribution in [0.2, 0.25) is 0 Å². The van der Waals surface area contributed by atoms with Crippen molar-refractivity contribution < 1.29 is 23.8 Å². The Morgan fingerprint density at radius 3 is 2.57 bits per heavy atom. The Morgan fingerprint density at radius 1 is 1.33 bits per heavy atom. The zero-order valence-corrected chi connectivity index (χ0v) is 12.5. The van der Waals surface area contributed by atoms with Crippen molar-refractivity contribution in [3.8, 4) is 11.5 Å². The fourth-order valence-corrected chi connectivity index (χ4v) is 1.56. The number of amides is 1. The lowest BCUT2D eigenvalue weighted by Crippen LogP contribution is -2.10. The highest BCUT2D eigenvalue weighted by molar-refractivity contribution is 5.93. The number of hydrogen-bond acceptors (Lipinski definition) is 5. The monoisotopic (exact) mass is 295 g/mol. The number of ether oxygens (including phenoxy) is 3. The number of fused-ring (bicyclic) bond motifs is 1. The average Bonchev–Trinajstić information content (AvgIpc) is 2.94. The number of carbonyl (C=O) groups is 2. The fraction of sp³-hybridized carbons (Fsp3) is 0.467. The molecule has 0 saturated heterocycles. The Morgan fingerprint density at radius 2 is 2.00 bits per heavy atom. The molecule has 0 unspecified atom stereocenters. The van der Waals surface area contributed by atoms with Crippen LogP contribution in [0.4, 0.5) is 0 Å². The Hall–Kier alpha value is -2.24. The number of primary amides is 1. The van der Waals surface area contributed by atoms with Gasteiger partial charge < -0.3 is 19.9 Å². The van der Waals surface area contributed by atoms with Gasteiger partial charge in [0.25, 0.3) is 0 Å². The van der Waals surface area contributed by atoms with E-state index in [-0.39, 0.29) is 12.8 Å². The molecule has 1 heterocycles. The van der Waals surface area contributed by atoms with E-state index in [2.05, 4.69) is 11.7 Å². The Kier molecular flexibility index (Phi) is 6.52. The van der Waals surface area contributed by atoms with Crippen molar-refractivity contribution in [2.75, 3.05) is 13.9 Å². The van der Waals surface area contributed by atoms with Gasteiger partial charge in [0.05, 0.1) is 7.11 Å². The minimum absolute atomic E-state index is 0.107. The second-order valence-electron chi connectivity index (χ2n) is 4.73. The Balaban J connectivity index is 0.000000222. The number of nitrogens with two attached hydrogens (primary N) is 1. The first kappa shape index (κ1) is 16.8. The maximum atomic E-state index is 10.7. The van der Waals surface area contributed by atoms with Crippen LogP contribution < -0.4 is 15.2 Å². The molecule has 21 heavy (non-hydrogen) atoms. The average molecular weight is 295 g/mol. The van der Waals surface area contributed by atoms with Gasteiger partial charge in [0.2, 0.25) is 12.7 Å². The molecule has 1 aliphatic heterocycles. The van der Waals surface area contributed by atoms with Gasteiger partial charge in [-0.15, -0.1) is 0 Å². The first-order valence-corrected chi connectivity index (χ1v) is 6.74. The van der Waals surface area contributed by atoms with E-state index in [9.17, 15) is 9.59 Å². The van der Waals surface area contributed by atoms with Crippen molar-refractivity contribution in [1.29, 1.82) is 0 Å². The quantitative estimate of drug-likeness (QED) is 0.859. The van der Waals surface area contributed by atoms with Gasteiger partial charge in [-0.05, 0) is 24.1 Å². The summed E-state index contributed by atoms with van der Waals surface area (Å²) in [5.41, 5.74) is 5.50. The predicted molar refractivity (Wildman–Crippen MR) is 77.2 cm³/mol. The second kappa shape index (κ2) is 8.14. The summed E-state index contributed by atoms with van der Waals surface area (Å²) in [7, 11) is 1.42. The lowest BCUT2D eigenvalue weighted by Gasteiger charge is -2.04. The maximum Gasteiger partial charge on any atom is 0.305 e. The molecule has 116 valence electrons. The maximum absolute atomic E-state index is 10.7. The van der Waals surface area contributed by atoms with Crippen molar-refractivity contribution >= 4 is 11.9 Å². The summed E-state index contributed by atoms with van der Waals surface area (Å²) in [6, 6.07) is 4.85. The molecule has 6 nitrogen and oxygen atoms in total. The highest BCUT2D eigenvalue weighted by Crippen LogP contribution is 2.32. The standard InChI is InChI=1S/C8H7NO3.C7H14O2/c9-8(10)5-1-2-6-7(3-5)12-4-11-6;1-4-6(2)5-7(8)9-3/h1-3H,4H2,(H2,9,10);6H,4-5H2,1-3H3/t;6-/m.1/s1. The van der Waals surface area contributed by atoms with Crippen molar-refractivity contribution in [3.63, 3.8) is 0 Å². The number of methoxy groups -OCH3 is 1. The van der Waals surface area contributed by atoms with Crippen LogP contribution in [0.5, 0.6) is 11.5 Å². The molecule has 0 bridgehead atoms. The predicted octanol–water partition coefficient (Wildman–Crippen LogP) is 2.11. The minimum atomic E-state index is -0.465. The van der Waals surface area contributed by atoms with Gasteiger partial charge in [0.1, 0.15) is 0 Å². The highest BCUT2D eigenvalue weighted by Gasteiger charge is 2.14. The van der Waals surface area contributed by atoms with Crippen LogP contribution in [-0.4, -0.2) is 25.8 Å². The van der Waals surface area contributed by atoms with Crippen molar-refractivity contribution in [3.05, 3.63) is 23.8 Å². The minimum Gasteiger partial charge on any atom is -0.469 e. The molecule has 1 aliphatic rings. The molecular weight excluding hydrogens is 274 g/mol. The summed E-state index contributed by atoms with van der Waals surface area (Å²) in [5, 5.41) is 0. The van der Waals surface area contributed by atoms with Gasteiger partial charge >= 0.3 is 5.97 Å². The van der Waals surface area contributed by atoms with Gasteiger partial charge in [-0.1, -0.05) is 20.3 Å². The lowest BCUT2D eigenvalue weighted by atomic mass is 10.1. The van der Waals surface area contributed by atoms with E-state index < -0.39 is 5.91 Å². The molecule has 2 N–H and O–H groups in total. The molecule has 6 heteroatoms. The van der Waals surface area contributed by atoms with E-state index in [4.69, 9.17) is 15.2 Å². The summed E-state index contributed by atoms with van der Waals surface area (Å²) in [5.74, 6) is 1.11. The van der Waals surface area contributed by atoms with Crippen LogP contribution in [-0.2, 0) is 9.53 Å². The van der Waals surface area contributed by atoms with Crippen LogP contribution >= 0.6 is 0 Å². The molecule has 1 atom stereocenters. The van der Waals surface area contributed by atoms with Crippen molar-refractivity contribution in [1.82, 2.24) is 0 Å². The van der Waals surface area contributed by atoms with Gasteiger partial charge in [-0.3, -0.25) is 9.59 Å². The summed E-state index contributed by atoms with van der Waals surface area (Å²) in [6.07, 6.45) is 1.59. The molecule has 2 rings (SSSR count). The zero-order chi connectivity index (χ0) is 15.8. The first-order valence-electron chi connectivity index (χ1n) is 6.74. The summed E-state index contributed by atoms with van der Waals surface area (Å²) in [6.45, 7) is 4.31. The van der Waals surface area contributed by atoms with E-state index in [0.29, 0.717) is 29.4 Å². The van der Waals surface area contributed by atoms with Gasteiger partial charge in [-0.25, -0.2) is 0 Å². The lowest BCUT2D eigenvalue weighted by molar-refractivity contribution is -0.141. The number of esters is 1. The Labute approximate surface area is 124 Å². The van der Waals surface area contributed by atoms with E-state index in [1.165, 1.54) is 7.11 Å². The van der Waals surface area contributed by atoms with Crippen LogP contribution in [0.1, 0.15) is 37.0 Å².